The Morgan fingerprint density at radius 3 is 2.60 bits per heavy atom. The first kappa shape index (κ1) is 32.1. The van der Waals surface area contributed by atoms with Gasteiger partial charge in [-0.1, -0.05) is 6.07 Å². The number of ketones is 1. The van der Waals surface area contributed by atoms with Gasteiger partial charge in [0, 0.05) is 76.4 Å². The number of amides is 3. The second-order valence-electron chi connectivity index (χ2n) is 11.8. The minimum Gasteiger partial charge on any atom is -0.383 e. The number of likely N-dealkylation sites (tertiary alicyclic amines) is 2. The highest BCUT2D eigenvalue weighted by Crippen LogP contribution is 2.28. The van der Waals surface area contributed by atoms with Gasteiger partial charge in [0.15, 0.2) is 5.78 Å². The van der Waals surface area contributed by atoms with Crippen LogP contribution >= 0.6 is 0 Å². The van der Waals surface area contributed by atoms with E-state index in [1.165, 1.54) is 16.5 Å². The van der Waals surface area contributed by atoms with E-state index in [9.17, 15) is 23.6 Å². The molecule has 45 heavy (non-hydrogen) atoms. The number of hydrogen-bond donors (Lipinski definition) is 1. The smallest absolute Gasteiger partial charge is 0.245 e. The van der Waals surface area contributed by atoms with Gasteiger partial charge in [-0.3, -0.25) is 23.9 Å². The molecule has 3 aromatic rings. The van der Waals surface area contributed by atoms with E-state index in [0.29, 0.717) is 43.0 Å². The van der Waals surface area contributed by atoms with Crippen LogP contribution in [0.4, 0.5) is 4.39 Å². The number of Topliss-reactive ketones (excluding diaryl/α,β-unsaturated/α-hetero) is 1. The summed E-state index contributed by atoms with van der Waals surface area (Å²) in [4.78, 5) is 65.4. The molecule has 0 radical (unpaired) electrons. The van der Waals surface area contributed by atoms with Gasteiger partial charge < -0.3 is 24.8 Å². The summed E-state index contributed by atoms with van der Waals surface area (Å²) >= 11 is 0. The molecule has 5 rings (SSSR count). The molecule has 1 aromatic carbocycles. The van der Waals surface area contributed by atoms with E-state index in [-0.39, 0.29) is 43.3 Å². The molecule has 0 saturated carbocycles. The van der Waals surface area contributed by atoms with Crippen LogP contribution in [-0.2, 0) is 25.7 Å². The molecule has 240 valence electrons. The average molecular weight is 623 g/mol. The van der Waals surface area contributed by atoms with Gasteiger partial charge in [0.1, 0.15) is 30.3 Å². The summed E-state index contributed by atoms with van der Waals surface area (Å²) in [5, 5.41) is 7.86. The standard InChI is InChI=1S/C31H39FN8O5/c1-19(41)30-25-11-21(22-14-33-20(2)34-15-22)5-6-26(25)40(36-30)18-29(43)39-16-23(32)12-27(39)31(44)35-24-13-28(42)38(17-24)8-7-37(3)9-10-45-4/h5-6,11,14-15,23-24,27H,7-10,12-13,16-18H2,1-4H3,(H,35,44)/t23-,24?,27+/m1/s1. The Morgan fingerprint density at radius 2 is 1.89 bits per heavy atom. The van der Waals surface area contributed by atoms with Gasteiger partial charge in [0.2, 0.25) is 17.7 Å². The predicted octanol–water partition coefficient (Wildman–Crippen LogP) is 1.24. The Labute approximate surface area is 260 Å². The summed E-state index contributed by atoms with van der Waals surface area (Å²) in [6, 6.07) is 3.96. The normalized spacial score (nSPS) is 20.0. The Kier molecular flexibility index (Phi) is 9.83. The Bertz CT molecular complexity index is 1580. The highest BCUT2D eigenvalue weighted by Gasteiger charge is 2.41. The molecule has 14 heteroatoms. The Hall–Kier alpha value is -4.30. The molecule has 3 amide bonds. The number of fused-ring (bicyclic) bond motifs is 1. The van der Waals surface area contributed by atoms with Gasteiger partial charge in [-0.25, -0.2) is 14.4 Å². The van der Waals surface area contributed by atoms with Crippen molar-refractivity contribution in [3.8, 4) is 11.1 Å². The summed E-state index contributed by atoms with van der Waals surface area (Å²) in [7, 11) is 3.58. The minimum absolute atomic E-state index is 0.0620. The molecule has 1 N–H and O–H groups in total. The van der Waals surface area contributed by atoms with E-state index in [4.69, 9.17) is 4.74 Å². The van der Waals surface area contributed by atoms with Gasteiger partial charge in [-0.05, 0) is 31.7 Å². The molecule has 2 saturated heterocycles. The molecule has 3 atom stereocenters. The van der Waals surface area contributed by atoms with Crippen molar-refractivity contribution >= 4 is 34.4 Å². The molecule has 2 aromatic heterocycles. The van der Waals surface area contributed by atoms with E-state index in [0.717, 1.165) is 17.7 Å². The minimum atomic E-state index is -1.37. The third-order valence-electron chi connectivity index (χ3n) is 8.35. The third-order valence-corrected chi connectivity index (χ3v) is 8.35. The molecule has 2 aliphatic heterocycles. The van der Waals surface area contributed by atoms with Crippen molar-refractivity contribution in [1.82, 2.24) is 39.8 Å². The quantitative estimate of drug-likeness (QED) is 0.295. The van der Waals surface area contributed by atoms with E-state index in [1.54, 1.807) is 37.4 Å². The fraction of sp³-hybridized carbons (Fsp3) is 0.516. The number of benzene rings is 1. The van der Waals surface area contributed by atoms with E-state index in [2.05, 4.69) is 25.3 Å². The zero-order valence-electron chi connectivity index (χ0n) is 26.0. The fourth-order valence-corrected chi connectivity index (χ4v) is 5.84. The van der Waals surface area contributed by atoms with Crippen LogP contribution in [0.2, 0.25) is 0 Å². The van der Waals surface area contributed by atoms with Crippen molar-refractivity contribution in [3.05, 3.63) is 42.1 Å². The summed E-state index contributed by atoms with van der Waals surface area (Å²) in [5.41, 5.74) is 2.31. The van der Waals surface area contributed by atoms with Crippen molar-refractivity contribution in [1.29, 1.82) is 0 Å². The highest BCUT2D eigenvalue weighted by molar-refractivity contribution is 6.06. The summed E-state index contributed by atoms with van der Waals surface area (Å²) in [6.45, 7) is 5.56. The number of ether oxygens (including phenoxy) is 1. The molecule has 0 spiro atoms. The zero-order valence-corrected chi connectivity index (χ0v) is 26.0. The number of carbonyl (C=O) groups excluding carboxylic acids is 4. The molecule has 13 nitrogen and oxygen atoms in total. The largest absolute Gasteiger partial charge is 0.383 e. The van der Waals surface area contributed by atoms with Crippen LogP contribution in [0.15, 0.2) is 30.6 Å². The predicted molar refractivity (Wildman–Crippen MR) is 163 cm³/mol. The van der Waals surface area contributed by atoms with Crippen molar-refractivity contribution in [2.75, 3.05) is 53.5 Å². The fourth-order valence-electron chi connectivity index (χ4n) is 5.84. The number of alkyl halides is 1. The maximum absolute atomic E-state index is 14.7. The second-order valence-corrected chi connectivity index (χ2v) is 11.8. The number of nitrogens with one attached hydrogen (secondary N) is 1. The van der Waals surface area contributed by atoms with Gasteiger partial charge in [-0.2, -0.15) is 5.10 Å². The van der Waals surface area contributed by atoms with Crippen LogP contribution in [0.5, 0.6) is 0 Å². The zero-order chi connectivity index (χ0) is 32.2. The van der Waals surface area contributed by atoms with Crippen LogP contribution in [-0.4, -0.2) is 130 Å². The van der Waals surface area contributed by atoms with E-state index >= 15 is 0 Å². The number of methoxy groups -OCH3 is 1. The van der Waals surface area contributed by atoms with Crippen LogP contribution < -0.4 is 5.32 Å². The van der Waals surface area contributed by atoms with Crippen LogP contribution in [0, 0.1) is 6.92 Å². The molecule has 2 aliphatic rings. The number of aromatic nitrogens is 4. The van der Waals surface area contributed by atoms with Gasteiger partial charge in [0.05, 0.1) is 24.7 Å². The van der Waals surface area contributed by atoms with Gasteiger partial charge >= 0.3 is 0 Å². The van der Waals surface area contributed by atoms with Gasteiger partial charge in [-0.15, -0.1) is 0 Å². The topological polar surface area (TPSA) is 143 Å². The lowest BCUT2D eigenvalue weighted by molar-refractivity contribution is -0.139. The lowest BCUT2D eigenvalue weighted by atomic mass is 10.0. The SMILES string of the molecule is COCCN(C)CCN1CC(NC(=O)[C@@H]2C[C@@H](F)CN2C(=O)Cn2nc(C(C)=O)c3cc(-c4cnc(C)nc4)ccc32)CC1=O. The van der Waals surface area contributed by atoms with Crippen molar-refractivity contribution in [2.45, 2.75) is 51.5 Å². The van der Waals surface area contributed by atoms with Crippen LogP contribution in [0.1, 0.15) is 36.1 Å². The first-order chi connectivity index (χ1) is 21.5. The van der Waals surface area contributed by atoms with Crippen molar-refractivity contribution in [3.63, 3.8) is 0 Å². The molecule has 0 aliphatic carbocycles. The number of carbonyl (C=O) groups is 4. The molecular weight excluding hydrogens is 583 g/mol. The summed E-state index contributed by atoms with van der Waals surface area (Å²) in [6.07, 6.45) is 2.04. The maximum atomic E-state index is 14.7. The lowest BCUT2D eigenvalue weighted by Gasteiger charge is -2.25. The first-order valence-corrected chi connectivity index (χ1v) is 15.0. The molecular formula is C31H39FN8O5. The van der Waals surface area contributed by atoms with Crippen molar-refractivity contribution < 1.29 is 28.3 Å². The Morgan fingerprint density at radius 1 is 1.13 bits per heavy atom. The number of rotatable bonds is 12. The number of nitrogens with zero attached hydrogens (tertiary/aromatic N) is 7. The number of halogens is 1. The Balaban J connectivity index is 1.26. The summed E-state index contributed by atoms with van der Waals surface area (Å²) < 4.78 is 21.2. The number of likely N-dealkylation sites (N-methyl/N-ethyl adjacent to an activating group) is 1. The molecule has 0 bridgehead atoms. The van der Waals surface area contributed by atoms with Crippen molar-refractivity contribution in [2.24, 2.45) is 0 Å². The lowest BCUT2D eigenvalue weighted by Crippen LogP contribution is -2.50. The van der Waals surface area contributed by atoms with E-state index < -0.39 is 30.1 Å². The number of aryl methyl sites for hydroxylation is 1. The van der Waals surface area contributed by atoms with Crippen LogP contribution in [0.25, 0.3) is 22.0 Å². The first-order valence-electron chi connectivity index (χ1n) is 15.0. The monoisotopic (exact) mass is 622 g/mol. The molecule has 2 fully saturated rings. The van der Waals surface area contributed by atoms with Gasteiger partial charge in [0.25, 0.3) is 0 Å². The number of hydrogen-bond acceptors (Lipinski definition) is 9. The maximum Gasteiger partial charge on any atom is 0.245 e. The molecule has 4 heterocycles. The highest BCUT2D eigenvalue weighted by atomic mass is 19.1. The van der Waals surface area contributed by atoms with E-state index in [1.807, 2.05) is 19.2 Å². The summed E-state index contributed by atoms with van der Waals surface area (Å²) in [5.74, 6) is -0.675. The average Bonchev–Trinajstić information content (AvgIpc) is 3.69. The third kappa shape index (κ3) is 7.34. The van der Waals surface area contributed by atoms with Crippen LogP contribution in [0.3, 0.4) is 0 Å². The molecule has 1 unspecified atom stereocenters. The second kappa shape index (κ2) is 13.8.